The highest BCUT2D eigenvalue weighted by atomic mass is 28.4. The smallest absolute Gasteiger partial charge is 0.338 e. The molecule has 1 aromatic heterocycles. The minimum absolute atomic E-state index is 0.0505. The second-order valence-electron chi connectivity index (χ2n) is 13.2. The van der Waals surface area contributed by atoms with Crippen molar-refractivity contribution in [2.24, 2.45) is 5.41 Å². The fraction of sp³-hybridized carbons (Fsp3) is 0.613. The van der Waals surface area contributed by atoms with Gasteiger partial charge in [-0.05, 0) is 79.4 Å². The van der Waals surface area contributed by atoms with Crippen molar-refractivity contribution < 1.29 is 19.1 Å². The maximum atomic E-state index is 12.1. The molecule has 3 rings (SSSR count). The average Bonchev–Trinajstić information content (AvgIpc) is 2.76. The molecule has 0 bridgehead atoms. The first-order valence-electron chi connectivity index (χ1n) is 13.6. The van der Waals surface area contributed by atoms with Crippen molar-refractivity contribution in [3.05, 3.63) is 63.5 Å². The third kappa shape index (κ3) is 6.18. The van der Waals surface area contributed by atoms with E-state index in [1.54, 1.807) is 19.1 Å². The fourth-order valence-electron chi connectivity index (χ4n) is 5.11. The third-order valence-corrected chi connectivity index (χ3v) is 12.6. The Kier molecular flexibility index (Phi) is 8.48. The molecule has 2 atom stereocenters. The molecule has 1 heterocycles. The molecular formula is C31H47NO4Si. The first-order valence-corrected chi connectivity index (χ1v) is 16.6. The summed E-state index contributed by atoms with van der Waals surface area (Å²) in [6.45, 7) is 24.5. The first-order chi connectivity index (χ1) is 17.0. The Hall–Kier alpha value is -2.02. The van der Waals surface area contributed by atoms with Crippen LogP contribution in [0.1, 0.15) is 124 Å². The normalized spacial score (nSPS) is 18.5. The van der Waals surface area contributed by atoms with E-state index < -0.39 is 14.4 Å². The van der Waals surface area contributed by atoms with Crippen LogP contribution in [0.25, 0.3) is 0 Å². The van der Waals surface area contributed by atoms with Gasteiger partial charge in [-0.25, -0.2) is 4.79 Å². The molecule has 0 aliphatic heterocycles. The van der Waals surface area contributed by atoms with Crippen LogP contribution in [0.2, 0.25) is 18.1 Å². The van der Waals surface area contributed by atoms with Crippen molar-refractivity contribution in [1.29, 1.82) is 0 Å². The lowest BCUT2D eigenvalue weighted by atomic mass is 9.72. The van der Waals surface area contributed by atoms with Crippen LogP contribution >= 0.6 is 0 Å². The van der Waals surface area contributed by atoms with Gasteiger partial charge in [0.2, 0.25) is 0 Å². The second kappa shape index (κ2) is 10.6. The molecule has 1 N–H and O–H groups in total. The Labute approximate surface area is 225 Å². The number of fused-ring (bicyclic) bond motifs is 1. The van der Waals surface area contributed by atoms with Gasteiger partial charge in [-0.1, -0.05) is 60.6 Å². The number of pyridine rings is 1. The van der Waals surface area contributed by atoms with Crippen LogP contribution in [-0.4, -0.2) is 31.0 Å². The number of esters is 1. The van der Waals surface area contributed by atoms with Crippen LogP contribution in [-0.2, 0) is 15.6 Å². The molecule has 2 aromatic rings. The van der Waals surface area contributed by atoms with Gasteiger partial charge < -0.3 is 14.3 Å². The number of benzene rings is 1. The summed E-state index contributed by atoms with van der Waals surface area (Å²) in [7, 11) is -2.05. The van der Waals surface area contributed by atoms with E-state index in [1.165, 1.54) is 0 Å². The van der Waals surface area contributed by atoms with Gasteiger partial charge in [-0.3, -0.25) is 4.98 Å². The Bertz CT molecular complexity index is 1130. The molecule has 1 aromatic carbocycles. The molecule has 1 aliphatic rings. The lowest BCUT2D eigenvalue weighted by Gasteiger charge is -2.45. The van der Waals surface area contributed by atoms with Crippen molar-refractivity contribution in [2.75, 3.05) is 6.61 Å². The van der Waals surface area contributed by atoms with Crippen molar-refractivity contribution in [3.8, 4) is 0 Å². The van der Waals surface area contributed by atoms with Gasteiger partial charge in [-0.2, -0.15) is 0 Å². The monoisotopic (exact) mass is 525 g/mol. The quantitative estimate of drug-likeness (QED) is 0.295. The van der Waals surface area contributed by atoms with E-state index in [0.717, 1.165) is 46.5 Å². The van der Waals surface area contributed by atoms with Gasteiger partial charge in [0.25, 0.3) is 0 Å². The van der Waals surface area contributed by atoms with E-state index in [-0.39, 0.29) is 28.4 Å². The molecule has 204 valence electrons. The second-order valence-corrected chi connectivity index (χ2v) is 18.0. The Balaban J connectivity index is 2.14. The minimum atomic E-state index is -2.05. The van der Waals surface area contributed by atoms with Gasteiger partial charge in [0.1, 0.15) is 6.10 Å². The van der Waals surface area contributed by atoms with Crippen LogP contribution < -0.4 is 0 Å². The summed E-state index contributed by atoms with van der Waals surface area (Å²) in [6, 6.07) is 7.07. The highest BCUT2D eigenvalue weighted by Crippen LogP contribution is 2.49. The predicted molar refractivity (Wildman–Crippen MR) is 153 cm³/mol. The van der Waals surface area contributed by atoms with E-state index in [4.69, 9.17) is 14.1 Å². The number of hydrogen-bond donors (Lipinski definition) is 1. The molecular weight excluding hydrogens is 478 g/mol. The molecule has 0 spiro atoms. The first kappa shape index (κ1) is 29.5. The molecule has 37 heavy (non-hydrogen) atoms. The molecule has 1 aliphatic carbocycles. The molecule has 5 nitrogen and oxygen atoms in total. The van der Waals surface area contributed by atoms with Crippen molar-refractivity contribution >= 4 is 14.3 Å². The highest BCUT2D eigenvalue weighted by Gasteiger charge is 2.44. The van der Waals surface area contributed by atoms with Crippen LogP contribution in [0, 0.1) is 12.3 Å². The summed E-state index contributed by atoms with van der Waals surface area (Å²) in [6.07, 6.45) is 0.922. The number of aliphatic hydroxyl groups is 1. The largest absolute Gasteiger partial charge is 0.462 e. The summed E-state index contributed by atoms with van der Waals surface area (Å²) in [5, 5.41) is 11.8. The molecule has 0 saturated heterocycles. The van der Waals surface area contributed by atoms with E-state index >= 15 is 0 Å². The van der Waals surface area contributed by atoms with Crippen LogP contribution in [0.3, 0.4) is 0 Å². The van der Waals surface area contributed by atoms with Crippen molar-refractivity contribution in [2.45, 2.75) is 111 Å². The average molecular weight is 526 g/mol. The predicted octanol–water partition coefficient (Wildman–Crippen LogP) is 7.81. The summed E-state index contributed by atoms with van der Waals surface area (Å²) < 4.78 is 12.2. The highest BCUT2D eigenvalue weighted by molar-refractivity contribution is 6.74. The van der Waals surface area contributed by atoms with E-state index in [2.05, 4.69) is 68.5 Å². The molecule has 0 radical (unpaired) electrons. The summed E-state index contributed by atoms with van der Waals surface area (Å²) >= 11 is 0. The number of carbonyl (C=O) groups excluding carboxylic acids is 1. The van der Waals surface area contributed by atoms with Gasteiger partial charge in [0, 0.05) is 22.5 Å². The van der Waals surface area contributed by atoms with Gasteiger partial charge >= 0.3 is 5.97 Å². The number of hydrogen-bond acceptors (Lipinski definition) is 5. The summed E-state index contributed by atoms with van der Waals surface area (Å²) in [4.78, 5) is 17.4. The zero-order chi connectivity index (χ0) is 27.9. The number of aromatic nitrogens is 1. The topological polar surface area (TPSA) is 68.7 Å². The number of carbonyl (C=O) groups is 1. The van der Waals surface area contributed by atoms with Gasteiger partial charge in [0.05, 0.1) is 18.3 Å². The fourth-order valence-corrected chi connectivity index (χ4v) is 6.38. The van der Waals surface area contributed by atoms with E-state index in [0.29, 0.717) is 12.2 Å². The lowest BCUT2D eigenvalue weighted by Crippen LogP contribution is -2.44. The summed E-state index contributed by atoms with van der Waals surface area (Å²) in [5.41, 5.74) is 6.43. The van der Waals surface area contributed by atoms with Crippen molar-refractivity contribution in [1.82, 2.24) is 4.98 Å². The SMILES string of the molecule is CCOC(=O)c1ccc([C@@H](O)c2c(C(C)C)nc3c(c2C)C(O[Si](C)(C)C(C)(C)C)CC(C)(C)C3)cc1. The minimum Gasteiger partial charge on any atom is -0.462 e. The Morgan fingerprint density at radius 1 is 1.19 bits per heavy atom. The van der Waals surface area contributed by atoms with Gasteiger partial charge in [0.15, 0.2) is 8.32 Å². The zero-order valence-corrected chi connectivity index (χ0v) is 25.8. The molecule has 6 heteroatoms. The molecule has 0 saturated carbocycles. The van der Waals surface area contributed by atoms with Crippen LogP contribution in [0.15, 0.2) is 24.3 Å². The van der Waals surface area contributed by atoms with E-state index in [9.17, 15) is 9.90 Å². The van der Waals surface area contributed by atoms with E-state index in [1.807, 2.05) is 12.1 Å². The maximum Gasteiger partial charge on any atom is 0.338 e. The third-order valence-electron chi connectivity index (χ3n) is 8.16. The maximum absolute atomic E-state index is 12.1. The summed E-state index contributed by atoms with van der Waals surface area (Å²) in [5.74, 6) is -0.205. The molecule has 0 fully saturated rings. The molecule has 1 unspecified atom stereocenters. The molecule has 0 amide bonds. The Morgan fingerprint density at radius 3 is 2.30 bits per heavy atom. The Morgan fingerprint density at radius 2 is 1.78 bits per heavy atom. The van der Waals surface area contributed by atoms with Gasteiger partial charge in [-0.15, -0.1) is 0 Å². The number of ether oxygens (including phenoxy) is 1. The lowest BCUT2D eigenvalue weighted by molar-refractivity contribution is 0.0526. The number of nitrogens with zero attached hydrogens (tertiary/aromatic N) is 1. The number of rotatable bonds is 7. The number of aliphatic hydroxyl groups excluding tert-OH is 1. The van der Waals surface area contributed by atoms with Crippen LogP contribution in [0.5, 0.6) is 0 Å². The zero-order valence-electron chi connectivity index (χ0n) is 24.8. The van der Waals surface area contributed by atoms with Crippen molar-refractivity contribution in [3.63, 3.8) is 0 Å². The van der Waals surface area contributed by atoms with Crippen LogP contribution in [0.4, 0.5) is 0 Å². The standard InChI is InChI=1S/C31H47NO4Si/c1-12-35-29(34)22-15-13-21(14-16-22)28(33)26-20(4)25-23(32-27(26)19(2)3)17-31(8,9)18-24(25)36-37(10,11)30(5,6)7/h13-16,19,24,28,33H,12,17-18H2,1-11H3/t24?,28-/m1/s1.